The van der Waals surface area contributed by atoms with Gasteiger partial charge in [-0.25, -0.2) is 4.57 Å². The van der Waals surface area contributed by atoms with E-state index >= 15 is 0 Å². The molecule has 1 saturated heterocycles. The molecule has 0 amide bonds. The van der Waals surface area contributed by atoms with E-state index in [2.05, 4.69) is 32.7 Å². The largest absolute Gasteiger partial charge is 0.475 e. The van der Waals surface area contributed by atoms with Crippen LogP contribution in [0.15, 0.2) is 24.5 Å². The Balaban J connectivity index is 1.12. The van der Waals surface area contributed by atoms with Crippen molar-refractivity contribution >= 4 is 7.82 Å². The Bertz CT molecular complexity index is 1140. The van der Waals surface area contributed by atoms with Gasteiger partial charge >= 0.3 is 7.82 Å². The van der Waals surface area contributed by atoms with Crippen LogP contribution in [0.3, 0.4) is 0 Å². The summed E-state index contributed by atoms with van der Waals surface area (Å²) in [6.45, 7) is 11.9. The van der Waals surface area contributed by atoms with Crippen molar-refractivity contribution in [2.75, 3.05) is 6.61 Å². The Morgan fingerprint density at radius 1 is 1.02 bits per heavy atom. The van der Waals surface area contributed by atoms with Crippen molar-refractivity contribution in [1.82, 2.24) is 4.98 Å². The van der Waals surface area contributed by atoms with Crippen molar-refractivity contribution in [1.29, 1.82) is 0 Å². The number of fused-ring (bicyclic) bond motifs is 5. The monoisotopic (exact) mass is 603 g/mol. The highest BCUT2D eigenvalue weighted by Gasteiger charge is 2.64. The summed E-state index contributed by atoms with van der Waals surface area (Å²) in [6, 6.07) is 3.79. The molecule has 2 N–H and O–H groups in total. The zero-order valence-corrected chi connectivity index (χ0v) is 27.3. The van der Waals surface area contributed by atoms with Gasteiger partial charge in [-0.2, -0.15) is 0 Å². The number of aromatic nitrogens is 1. The number of pyridine rings is 1. The molecule has 14 atom stereocenters. The molecule has 0 aromatic carbocycles. The average Bonchev–Trinajstić information content (AvgIpc) is 3.31. The Morgan fingerprint density at radius 3 is 2.48 bits per heavy atom. The van der Waals surface area contributed by atoms with Gasteiger partial charge in [0.15, 0.2) is 0 Å². The highest BCUT2D eigenvalue weighted by Crippen LogP contribution is 2.69. The van der Waals surface area contributed by atoms with Gasteiger partial charge in [0, 0.05) is 18.8 Å². The molecule has 0 spiro atoms. The summed E-state index contributed by atoms with van der Waals surface area (Å²) in [5.74, 6) is 3.10. The summed E-state index contributed by atoms with van der Waals surface area (Å²) >= 11 is 0. The van der Waals surface area contributed by atoms with Gasteiger partial charge in [-0.1, -0.05) is 34.1 Å². The second-order valence-corrected chi connectivity index (χ2v) is 16.8. The topological polar surface area (TPSA) is 98.1 Å². The molecule has 0 bridgehead atoms. The summed E-state index contributed by atoms with van der Waals surface area (Å²) in [4.78, 5) is 4.08. The number of phosphoric acid groups is 1. The molecular weight excluding hydrogens is 549 g/mol. The van der Waals surface area contributed by atoms with Crippen LogP contribution >= 0.6 is 7.82 Å². The van der Waals surface area contributed by atoms with Gasteiger partial charge in [0.05, 0.1) is 31.0 Å². The number of aliphatic hydroxyl groups excluding tert-OH is 2. The molecule has 5 fully saturated rings. The number of phosphoric ester groups is 1. The number of aliphatic hydroxyl groups is 2. The first-order chi connectivity index (χ1) is 20.0. The fourth-order valence-electron chi connectivity index (χ4n) is 11.1. The van der Waals surface area contributed by atoms with Crippen LogP contribution in [0.1, 0.15) is 110 Å². The average molecular weight is 604 g/mol. The van der Waals surface area contributed by atoms with E-state index in [-0.39, 0.29) is 41.2 Å². The molecular formula is C34H54NO6P. The third kappa shape index (κ3) is 5.36. The lowest BCUT2D eigenvalue weighted by Crippen LogP contribution is -2.62. The molecule has 236 valence electrons. The lowest BCUT2D eigenvalue weighted by Gasteiger charge is -2.64. The zero-order chi connectivity index (χ0) is 29.9. The van der Waals surface area contributed by atoms with Crippen molar-refractivity contribution in [2.24, 2.45) is 52.3 Å². The van der Waals surface area contributed by atoms with E-state index in [1.807, 2.05) is 19.1 Å². The van der Waals surface area contributed by atoms with Crippen molar-refractivity contribution in [3.8, 4) is 0 Å². The molecule has 4 saturated carbocycles. The molecule has 5 unspecified atom stereocenters. The molecule has 7 nitrogen and oxygen atoms in total. The predicted molar refractivity (Wildman–Crippen MR) is 162 cm³/mol. The first-order valence-electron chi connectivity index (χ1n) is 16.9. The van der Waals surface area contributed by atoms with Crippen LogP contribution in [-0.2, 0) is 18.1 Å². The molecule has 8 heteroatoms. The highest BCUT2D eigenvalue weighted by atomic mass is 31.2. The van der Waals surface area contributed by atoms with Crippen LogP contribution in [0.4, 0.5) is 0 Å². The Kier molecular flexibility index (Phi) is 8.79. The zero-order valence-electron chi connectivity index (χ0n) is 26.4. The van der Waals surface area contributed by atoms with E-state index in [4.69, 9.17) is 13.6 Å². The predicted octanol–water partition coefficient (Wildman–Crippen LogP) is 7.73. The smallest absolute Gasteiger partial charge is 0.393 e. The second kappa shape index (κ2) is 11.8. The van der Waals surface area contributed by atoms with Crippen molar-refractivity contribution in [3.05, 3.63) is 30.1 Å². The van der Waals surface area contributed by atoms with Crippen LogP contribution in [0.5, 0.6) is 0 Å². The quantitative estimate of drug-likeness (QED) is 0.308. The number of hydrogen-bond acceptors (Lipinski definition) is 7. The van der Waals surface area contributed by atoms with Crippen LogP contribution in [0.2, 0.25) is 0 Å². The molecule has 6 rings (SSSR count). The van der Waals surface area contributed by atoms with Gasteiger partial charge in [0.1, 0.15) is 0 Å². The maximum absolute atomic E-state index is 13.5. The summed E-state index contributed by atoms with van der Waals surface area (Å²) in [5.41, 5.74) is 1.36. The first-order valence-corrected chi connectivity index (χ1v) is 18.3. The number of hydrogen-bond donors (Lipinski definition) is 2. The molecule has 42 heavy (non-hydrogen) atoms. The summed E-state index contributed by atoms with van der Waals surface area (Å²) < 4.78 is 31.1. The Labute approximate surface area is 253 Å². The molecule has 0 radical (unpaired) electrons. The first kappa shape index (κ1) is 31.2. The Morgan fingerprint density at radius 2 is 1.74 bits per heavy atom. The third-order valence-corrected chi connectivity index (χ3v) is 14.8. The van der Waals surface area contributed by atoms with Crippen LogP contribution in [0.25, 0.3) is 0 Å². The third-order valence-electron chi connectivity index (χ3n) is 13.2. The van der Waals surface area contributed by atoms with Crippen molar-refractivity contribution in [2.45, 2.75) is 123 Å². The van der Waals surface area contributed by atoms with Gasteiger partial charge in [0.2, 0.25) is 0 Å². The van der Waals surface area contributed by atoms with Gasteiger partial charge in [0.25, 0.3) is 0 Å². The van der Waals surface area contributed by atoms with Crippen LogP contribution in [0, 0.1) is 52.3 Å². The number of rotatable bonds is 7. The number of nitrogens with zero attached hydrogens (tertiary/aromatic N) is 1. The van der Waals surface area contributed by atoms with E-state index in [0.717, 1.165) is 37.7 Å². The molecule has 5 aliphatic rings. The fraction of sp³-hybridized carbons (Fsp3) is 0.853. The highest BCUT2D eigenvalue weighted by molar-refractivity contribution is 7.48. The van der Waals surface area contributed by atoms with E-state index in [0.29, 0.717) is 48.5 Å². The molecule has 1 aliphatic heterocycles. The van der Waals surface area contributed by atoms with E-state index < -0.39 is 7.82 Å². The van der Waals surface area contributed by atoms with Crippen molar-refractivity contribution < 1.29 is 28.3 Å². The normalized spacial score (nSPS) is 49.5. The lowest BCUT2D eigenvalue weighted by molar-refractivity contribution is -0.203. The molecule has 4 aliphatic carbocycles. The summed E-state index contributed by atoms with van der Waals surface area (Å²) in [7, 11) is -3.66. The summed E-state index contributed by atoms with van der Waals surface area (Å²) in [6.07, 6.45) is 12.5. The Hall–Kier alpha value is -0.820. The standard InChI is InChI=1S/C34H54NO6P/c1-6-25-29-20-24(36)9-14-34(29,5)28-10-15-33(4)26(7-8-27(33)31(28)32(25)37)21(2)13-18-39-42(38)40-22(3)19-30(41-42)23-11-16-35-17-12-23/h11-12,16-17,21-22,24-32,36-37H,6-10,13-15,18-20H2,1-5H3/t21-,22?,24-,25-,26-,27?,28?,29?,30+,31?,32-,33-,34-,42-/m1/s1. The minimum Gasteiger partial charge on any atom is -0.393 e. The lowest BCUT2D eigenvalue weighted by atomic mass is 9.41. The van der Waals surface area contributed by atoms with E-state index in [1.165, 1.54) is 25.7 Å². The molecule has 1 aromatic rings. The molecule has 2 heterocycles. The maximum atomic E-state index is 13.5. The van der Waals surface area contributed by atoms with Crippen LogP contribution < -0.4 is 0 Å². The maximum Gasteiger partial charge on any atom is 0.475 e. The van der Waals surface area contributed by atoms with Gasteiger partial charge in [-0.15, -0.1) is 0 Å². The molecule has 1 aromatic heterocycles. The van der Waals surface area contributed by atoms with Gasteiger partial charge in [-0.05, 0) is 128 Å². The fourth-order valence-corrected chi connectivity index (χ4v) is 12.7. The SMILES string of the molecule is CC[C@@H]1C2C[C@H](O)CC[C@]2(C)C2CC[C@@]3(C)C(CC[C@@H]3[C@H](C)CCO[P@]3(=O)OC(C)C[C@@H](c4ccncc4)O3)C2[C@@H]1O. The van der Waals surface area contributed by atoms with Crippen molar-refractivity contribution in [3.63, 3.8) is 0 Å². The second-order valence-electron chi connectivity index (χ2n) is 15.2. The minimum atomic E-state index is -3.66. The minimum absolute atomic E-state index is 0.195. The van der Waals surface area contributed by atoms with E-state index in [9.17, 15) is 14.8 Å². The van der Waals surface area contributed by atoms with E-state index in [1.54, 1.807) is 12.4 Å². The summed E-state index contributed by atoms with van der Waals surface area (Å²) in [5, 5.41) is 22.5. The van der Waals surface area contributed by atoms with Gasteiger partial charge < -0.3 is 10.2 Å². The van der Waals surface area contributed by atoms with Crippen LogP contribution in [-0.4, -0.2) is 40.1 Å². The van der Waals surface area contributed by atoms with Gasteiger partial charge in [-0.3, -0.25) is 18.6 Å².